The van der Waals surface area contributed by atoms with Gasteiger partial charge in [-0.25, -0.2) is 4.98 Å². The van der Waals surface area contributed by atoms with Crippen LogP contribution in [-0.4, -0.2) is 23.0 Å². The number of aryl methyl sites for hydroxylation is 2. The maximum absolute atomic E-state index is 12.7. The molecule has 0 saturated carbocycles. The minimum Gasteiger partial charge on any atom is -0.330 e. The van der Waals surface area contributed by atoms with Gasteiger partial charge in [-0.15, -0.1) is 0 Å². The summed E-state index contributed by atoms with van der Waals surface area (Å²) in [5, 5.41) is -1.08. The van der Waals surface area contributed by atoms with E-state index >= 15 is 0 Å². The Morgan fingerprint density at radius 2 is 2.00 bits per heavy atom. The molecular weight excluding hydrogens is 249 g/mol. The fraction of sp³-hybridized carbons (Fsp3) is 0.545. The Bertz CT molecular complexity index is 359. The van der Waals surface area contributed by atoms with Gasteiger partial charge in [0.1, 0.15) is 5.25 Å². The molecule has 2 N–H and O–H groups in total. The largest absolute Gasteiger partial charge is 0.401 e. The number of nitrogens with two attached hydrogens (primary N) is 1. The zero-order valence-corrected chi connectivity index (χ0v) is 10.5. The topological polar surface area (TPSA) is 38.9 Å². The first-order valence-corrected chi connectivity index (χ1v) is 6.09. The van der Waals surface area contributed by atoms with Crippen LogP contribution in [0.1, 0.15) is 17.7 Å². The molecule has 96 valence electrons. The van der Waals surface area contributed by atoms with E-state index in [-0.39, 0.29) is 13.0 Å². The van der Waals surface area contributed by atoms with Crippen LogP contribution in [0.25, 0.3) is 0 Å². The van der Waals surface area contributed by atoms with Crippen molar-refractivity contribution < 1.29 is 13.2 Å². The van der Waals surface area contributed by atoms with Gasteiger partial charge in [0.2, 0.25) is 0 Å². The Kier molecular flexibility index (Phi) is 4.82. The lowest BCUT2D eigenvalue weighted by molar-refractivity contribution is -0.129. The lowest BCUT2D eigenvalue weighted by atomic mass is 10.2. The first-order chi connectivity index (χ1) is 7.82. The van der Waals surface area contributed by atoms with Gasteiger partial charge in [0.15, 0.2) is 0 Å². The predicted octanol–water partition coefficient (Wildman–Crippen LogP) is 3.07. The van der Waals surface area contributed by atoms with Gasteiger partial charge in [0.05, 0.1) is 5.03 Å². The van der Waals surface area contributed by atoms with Crippen molar-refractivity contribution in [2.75, 3.05) is 6.54 Å². The van der Waals surface area contributed by atoms with Crippen molar-refractivity contribution in [2.45, 2.75) is 36.7 Å². The van der Waals surface area contributed by atoms with Gasteiger partial charge in [-0.2, -0.15) is 13.2 Å². The molecule has 1 aromatic heterocycles. The second-order valence-corrected chi connectivity index (χ2v) is 5.07. The highest BCUT2D eigenvalue weighted by molar-refractivity contribution is 7.99. The summed E-state index contributed by atoms with van der Waals surface area (Å²) in [5.74, 6) is 0. The maximum Gasteiger partial charge on any atom is 0.401 e. The number of halogens is 3. The molecule has 1 rings (SSSR count). The van der Waals surface area contributed by atoms with Gasteiger partial charge >= 0.3 is 6.18 Å². The summed E-state index contributed by atoms with van der Waals surface area (Å²) in [6.07, 6.45) is -4.34. The molecule has 6 heteroatoms. The smallest absolute Gasteiger partial charge is 0.330 e. The third kappa shape index (κ3) is 4.55. The van der Waals surface area contributed by atoms with Crippen molar-refractivity contribution in [3.8, 4) is 0 Å². The van der Waals surface area contributed by atoms with Crippen LogP contribution >= 0.6 is 11.8 Å². The summed E-state index contributed by atoms with van der Waals surface area (Å²) in [4.78, 5) is 4.09. The van der Waals surface area contributed by atoms with Gasteiger partial charge in [-0.05, 0) is 44.5 Å². The van der Waals surface area contributed by atoms with Crippen LogP contribution in [0.3, 0.4) is 0 Å². The highest BCUT2D eigenvalue weighted by atomic mass is 32.2. The monoisotopic (exact) mass is 264 g/mol. The van der Waals surface area contributed by atoms with E-state index in [2.05, 4.69) is 4.98 Å². The normalized spacial score (nSPS) is 13.8. The van der Waals surface area contributed by atoms with Crippen molar-refractivity contribution in [3.05, 3.63) is 23.4 Å². The lowest BCUT2D eigenvalue weighted by Gasteiger charge is -2.18. The quantitative estimate of drug-likeness (QED) is 0.849. The minimum absolute atomic E-state index is 0.0158. The van der Waals surface area contributed by atoms with Crippen molar-refractivity contribution in [2.24, 2.45) is 5.73 Å². The number of hydrogen-bond donors (Lipinski definition) is 1. The minimum atomic E-state index is -4.25. The van der Waals surface area contributed by atoms with E-state index in [1.165, 1.54) is 0 Å². The standard InChI is InChI=1S/C11H15F3N2S/c1-7-5-8(2)16-10(6-7)17-9(3-4-15)11(12,13)14/h5-6,9H,3-4,15H2,1-2H3. The third-order valence-corrected chi connectivity index (χ3v) is 3.37. The molecule has 0 aliphatic rings. The number of alkyl halides is 3. The molecule has 1 aromatic rings. The molecule has 1 atom stereocenters. The number of nitrogens with zero attached hydrogens (tertiary/aromatic N) is 1. The summed E-state index contributed by atoms with van der Waals surface area (Å²) in [6, 6.07) is 3.49. The van der Waals surface area contributed by atoms with Gasteiger partial charge in [0.25, 0.3) is 0 Å². The molecule has 0 bridgehead atoms. The lowest BCUT2D eigenvalue weighted by Crippen LogP contribution is -2.28. The van der Waals surface area contributed by atoms with Crippen LogP contribution in [0.5, 0.6) is 0 Å². The summed E-state index contributed by atoms with van der Waals surface area (Å²) in [7, 11) is 0. The van der Waals surface area contributed by atoms with Gasteiger partial charge < -0.3 is 5.73 Å². The number of hydrogen-bond acceptors (Lipinski definition) is 3. The number of rotatable bonds is 4. The number of pyridine rings is 1. The molecule has 1 heterocycles. The van der Waals surface area contributed by atoms with E-state index in [0.717, 1.165) is 23.0 Å². The fourth-order valence-corrected chi connectivity index (χ4v) is 2.58. The maximum atomic E-state index is 12.7. The molecule has 17 heavy (non-hydrogen) atoms. The van der Waals surface area contributed by atoms with Gasteiger partial charge in [-0.1, -0.05) is 11.8 Å². The number of thioether (sulfide) groups is 1. The average Bonchev–Trinajstić information content (AvgIpc) is 2.13. The van der Waals surface area contributed by atoms with Crippen LogP contribution in [0, 0.1) is 13.8 Å². The highest BCUT2D eigenvalue weighted by Crippen LogP contribution is 2.36. The molecule has 0 fully saturated rings. The molecular formula is C11H15F3N2S. The Labute approximate surface area is 103 Å². The Morgan fingerprint density at radius 1 is 1.35 bits per heavy atom. The summed E-state index contributed by atoms with van der Waals surface area (Å²) >= 11 is 0.732. The third-order valence-electron chi connectivity index (χ3n) is 2.13. The Balaban J connectivity index is 2.86. The first-order valence-electron chi connectivity index (χ1n) is 5.21. The zero-order valence-electron chi connectivity index (χ0n) is 9.71. The van der Waals surface area contributed by atoms with Crippen LogP contribution in [0.15, 0.2) is 17.2 Å². The Hall–Kier alpha value is -0.750. The van der Waals surface area contributed by atoms with Crippen molar-refractivity contribution in [1.82, 2.24) is 4.98 Å². The predicted molar refractivity (Wildman–Crippen MR) is 63.1 cm³/mol. The molecule has 0 radical (unpaired) electrons. The Morgan fingerprint density at radius 3 is 2.47 bits per heavy atom. The van der Waals surface area contributed by atoms with E-state index in [1.54, 1.807) is 13.0 Å². The average molecular weight is 264 g/mol. The molecule has 0 amide bonds. The van der Waals surface area contributed by atoms with Crippen LogP contribution in [-0.2, 0) is 0 Å². The van der Waals surface area contributed by atoms with Crippen LogP contribution < -0.4 is 5.73 Å². The van der Waals surface area contributed by atoms with Crippen molar-refractivity contribution >= 4 is 11.8 Å². The fourth-order valence-electron chi connectivity index (χ4n) is 1.45. The van der Waals surface area contributed by atoms with Crippen molar-refractivity contribution in [3.63, 3.8) is 0 Å². The van der Waals surface area contributed by atoms with E-state index in [4.69, 9.17) is 5.73 Å². The van der Waals surface area contributed by atoms with Gasteiger partial charge in [-0.3, -0.25) is 0 Å². The highest BCUT2D eigenvalue weighted by Gasteiger charge is 2.39. The molecule has 0 aliphatic heterocycles. The summed E-state index contributed by atoms with van der Waals surface area (Å²) < 4.78 is 38.1. The van der Waals surface area contributed by atoms with E-state index in [0.29, 0.717) is 5.03 Å². The first kappa shape index (κ1) is 14.3. The van der Waals surface area contributed by atoms with E-state index in [1.807, 2.05) is 13.0 Å². The van der Waals surface area contributed by atoms with Gasteiger partial charge in [0, 0.05) is 5.69 Å². The molecule has 2 nitrogen and oxygen atoms in total. The van der Waals surface area contributed by atoms with Crippen LogP contribution in [0.2, 0.25) is 0 Å². The summed E-state index contributed by atoms with van der Waals surface area (Å²) in [5.41, 5.74) is 6.84. The molecule has 0 aromatic carbocycles. The van der Waals surface area contributed by atoms with Crippen LogP contribution in [0.4, 0.5) is 13.2 Å². The molecule has 1 unspecified atom stereocenters. The number of aromatic nitrogens is 1. The van der Waals surface area contributed by atoms with E-state index in [9.17, 15) is 13.2 Å². The molecule has 0 spiro atoms. The molecule has 0 aliphatic carbocycles. The second-order valence-electron chi connectivity index (χ2n) is 3.85. The van der Waals surface area contributed by atoms with E-state index < -0.39 is 11.4 Å². The molecule has 0 saturated heterocycles. The van der Waals surface area contributed by atoms with Crippen molar-refractivity contribution in [1.29, 1.82) is 0 Å². The zero-order chi connectivity index (χ0) is 13.1. The summed E-state index contributed by atoms with van der Waals surface area (Å²) in [6.45, 7) is 3.62. The second kappa shape index (κ2) is 5.73. The SMILES string of the molecule is Cc1cc(C)nc(SC(CCN)C(F)(F)F)c1.